The van der Waals surface area contributed by atoms with Crippen molar-refractivity contribution < 1.29 is 5.11 Å². The first-order valence-electron chi connectivity index (χ1n) is 5.68. The number of aliphatic hydroxyl groups excluding tert-OH is 1. The molecule has 0 aromatic heterocycles. The molecule has 0 bridgehead atoms. The van der Waals surface area contributed by atoms with Gasteiger partial charge in [0.1, 0.15) is 0 Å². The highest BCUT2D eigenvalue weighted by Crippen LogP contribution is 2.20. The van der Waals surface area contributed by atoms with E-state index in [4.69, 9.17) is 16.7 Å². The van der Waals surface area contributed by atoms with E-state index < -0.39 is 0 Å². The van der Waals surface area contributed by atoms with Gasteiger partial charge >= 0.3 is 0 Å². The van der Waals surface area contributed by atoms with Crippen LogP contribution in [-0.2, 0) is 6.54 Å². The summed E-state index contributed by atoms with van der Waals surface area (Å²) in [6, 6.07) is 4.13. The van der Waals surface area contributed by atoms with Crippen LogP contribution in [0.1, 0.15) is 30.0 Å². The second-order valence-electron chi connectivity index (χ2n) is 4.19. The van der Waals surface area contributed by atoms with E-state index in [1.165, 1.54) is 16.7 Å². The lowest BCUT2D eigenvalue weighted by atomic mass is 10.0. The fraction of sp³-hybridized carbons (Fsp3) is 0.538. The first-order valence-corrected chi connectivity index (χ1v) is 6.06. The molecule has 0 aliphatic carbocycles. The van der Waals surface area contributed by atoms with Gasteiger partial charge in [-0.25, -0.2) is 0 Å². The van der Waals surface area contributed by atoms with E-state index in [0.29, 0.717) is 0 Å². The molecule has 0 saturated heterocycles. The lowest BCUT2D eigenvalue weighted by Crippen LogP contribution is -2.31. The van der Waals surface area contributed by atoms with Gasteiger partial charge in [0.2, 0.25) is 0 Å². The average molecular weight is 242 g/mol. The first kappa shape index (κ1) is 13.5. The highest BCUT2D eigenvalue weighted by molar-refractivity contribution is 6.30. The van der Waals surface area contributed by atoms with Gasteiger partial charge in [0.15, 0.2) is 0 Å². The standard InChI is InChI=1S/C13H20ClNO/c1-4-12(8-16)15-7-13-9(2)5-11(14)6-10(13)3/h5-6,12,15-16H,4,7-8H2,1-3H3/t12-/m1/s1. The molecule has 0 aliphatic rings. The van der Waals surface area contributed by atoms with Crippen LogP contribution in [0.25, 0.3) is 0 Å². The lowest BCUT2D eigenvalue weighted by molar-refractivity contribution is 0.238. The predicted octanol–water partition coefficient (Wildman–Crippen LogP) is 2.82. The SMILES string of the molecule is CC[C@H](CO)NCc1c(C)cc(Cl)cc1C. The van der Waals surface area contributed by atoms with Crippen molar-refractivity contribution in [2.24, 2.45) is 0 Å². The van der Waals surface area contributed by atoms with Gasteiger partial charge < -0.3 is 10.4 Å². The van der Waals surface area contributed by atoms with Crippen molar-refractivity contribution in [1.82, 2.24) is 5.32 Å². The number of rotatable bonds is 5. The van der Waals surface area contributed by atoms with Crippen LogP contribution in [0.3, 0.4) is 0 Å². The Labute approximate surface area is 103 Å². The van der Waals surface area contributed by atoms with Crippen LogP contribution in [0.2, 0.25) is 5.02 Å². The van der Waals surface area contributed by atoms with Gasteiger partial charge in [0.05, 0.1) is 6.61 Å². The second kappa shape index (κ2) is 6.24. The molecular weight excluding hydrogens is 222 g/mol. The Balaban J connectivity index is 2.74. The third kappa shape index (κ3) is 3.48. The van der Waals surface area contributed by atoms with E-state index in [1.54, 1.807) is 0 Å². The van der Waals surface area contributed by atoms with Crippen LogP contribution < -0.4 is 5.32 Å². The van der Waals surface area contributed by atoms with E-state index in [0.717, 1.165) is 18.0 Å². The van der Waals surface area contributed by atoms with Crippen LogP contribution in [0.4, 0.5) is 0 Å². The summed E-state index contributed by atoms with van der Waals surface area (Å²) in [5, 5.41) is 13.2. The van der Waals surface area contributed by atoms with Crippen molar-refractivity contribution in [2.75, 3.05) is 6.61 Å². The molecule has 2 N–H and O–H groups in total. The molecule has 2 nitrogen and oxygen atoms in total. The summed E-state index contributed by atoms with van der Waals surface area (Å²) in [4.78, 5) is 0. The van der Waals surface area contributed by atoms with Gasteiger partial charge in [0.25, 0.3) is 0 Å². The first-order chi connectivity index (χ1) is 7.58. The molecule has 0 unspecified atom stereocenters. The third-order valence-corrected chi connectivity index (χ3v) is 3.16. The maximum atomic E-state index is 9.10. The van der Waals surface area contributed by atoms with Gasteiger partial charge in [-0.1, -0.05) is 18.5 Å². The molecule has 1 atom stereocenters. The molecule has 16 heavy (non-hydrogen) atoms. The van der Waals surface area contributed by atoms with E-state index in [1.807, 2.05) is 12.1 Å². The summed E-state index contributed by atoms with van der Waals surface area (Å²) < 4.78 is 0. The summed E-state index contributed by atoms with van der Waals surface area (Å²) in [5.74, 6) is 0. The minimum absolute atomic E-state index is 0.175. The van der Waals surface area contributed by atoms with E-state index in [2.05, 4.69) is 26.1 Å². The fourth-order valence-corrected chi connectivity index (χ4v) is 2.13. The molecule has 0 heterocycles. The molecular formula is C13H20ClNO. The molecule has 1 rings (SSSR count). The summed E-state index contributed by atoms with van der Waals surface area (Å²) in [6.45, 7) is 7.16. The minimum atomic E-state index is 0.175. The predicted molar refractivity (Wildman–Crippen MR) is 68.9 cm³/mol. The fourth-order valence-electron chi connectivity index (χ4n) is 1.80. The molecule has 0 aliphatic heterocycles. The van der Waals surface area contributed by atoms with E-state index >= 15 is 0 Å². The number of aliphatic hydroxyl groups is 1. The Hall–Kier alpha value is -0.570. The van der Waals surface area contributed by atoms with Crippen molar-refractivity contribution in [3.05, 3.63) is 33.8 Å². The molecule has 1 aromatic carbocycles. The van der Waals surface area contributed by atoms with Crippen LogP contribution in [0, 0.1) is 13.8 Å². The van der Waals surface area contributed by atoms with Crippen molar-refractivity contribution >= 4 is 11.6 Å². The summed E-state index contributed by atoms with van der Waals surface area (Å²) in [5.41, 5.74) is 3.67. The molecule has 1 aromatic rings. The number of nitrogens with one attached hydrogen (secondary N) is 1. The smallest absolute Gasteiger partial charge is 0.0584 e. The lowest BCUT2D eigenvalue weighted by Gasteiger charge is -2.17. The zero-order valence-electron chi connectivity index (χ0n) is 10.2. The number of benzene rings is 1. The Bertz CT molecular complexity index is 325. The van der Waals surface area contributed by atoms with Gasteiger partial charge in [-0.15, -0.1) is 0 Å². The molecule has 0 fully saturated rings. The van der Waals surface area contributed by atoms with E-state index in [-0.39, 0.29) is 12.6 Å². The Morgan fingerprint density at radius 3 is 2.31 bits per heavy atom. The topological polar surface area (TPSA) is 32.3 Å². The van der Waals surface area contributed by atoms with Crippen LogP contribution >= 0.6 is 11.6 Å². The quantitative estimate of drug-likeness (QED) is 0.831. The summed E-state index contributed by atoms with van der Waals surface area (Å²) in [7, 11) is 0. The highest BCUT2D eigenvalue weighted by Gasteiger charge is 2.07. The Kier molecular flexibility index (Phi) is 5.26. The molecule has 0 amide bonds. The maximum absolute atomic E-state index is 9.10. The molecule has 0 radical (unpaired) electrons. The largest absolute Gasteiger partial charge is 0.395 e. The van der Waals surface area contributed by atoms with Gasteiger partial charge in [-0.2, -0.15) is 0 Å². The van der Waals surface area contributed by atoms with Gasteiger partial charge in [-0.3, -0.25) is 0 Å². The van der Waals surface area contributed by atoms with Crippen LogP contribution in [0.5, 0.6) is 0 Å². The normalized spacial score (nSPS) is 12.8. The molecule has 0 spiro atoms. The Morgan fingerprint density at radius 2 is 1.88 bits per heavy atom. The molecule has 3 heteroatoms. The van der Waals surface area contributed by atoms with E-state index in [9.17, 15) is 0 Å². The number of hydrogen-bond donors (Lipinski definition) is 2. The van der Waals surface area contributed by atoms with Crippen molar-refractivity contribution in [3.63, 3.8) is 0 Å². The van der Waals surface area contributed by atoms with Crippen molar-refractivity contribution in [1.29, 1.82) is 0 Å². The van der Waals surface area contributed by atoms with Crippen LogP contribution in [-0.4, -0.2) is 17.8 Å². The zero-order chi connectivity index (χ0) is 12.1. The van der Waals surface area contributed by atoms with Gasteiger partial charge in [-0.05, 0) is 49.1 Å². The maximum Gasteiger partial charge on any atom is 0.0584 e. The highest BCUT2D eigenvalue weighted by atomic mass is 35.5. The van der Waals surface area contributed by atoms with Crippen molar-refractivity contribution in [3.8, 4) is 0 Å². The monoisotopic (exact) mass is 241 g/mol. The van der Waals surface area contributed by atoms with Crippen molar-refractivity contribution in [2.45, 2.75) is 39.8 Å². The summed E-state index contributed by atoms with van der Waals surface area (Å²) in [6.07, 6.45) is 0.933. The average Bonchev–Trinajstić information content (AvgIpc) is 2.22. The number of aryl methyl sites for hydroxylation is 2. The van der Waals surface area contributed by atoms with Crippen LogP contribution in [0.15, 0.2) is 12.1 Å². The molecule has 0 saturated carbocycles. The minimum Gasteiger partial charge on any atom is -0.395 e. The molecule has 90 valence electrons. The Morgan fingerprint density at radius 1 is 1.31 bits per heavy atom. The van der Waals surface area contributed by atoms with Gasteiger partial charge in [0, 0.05) is 17.6 Å². The number of halogens is 1. The number of hydrogen-bond acceptors (Lipinski definition) is 2. The summed E-state index contributed by atoms with van der Waals surface area (Å²) >= 11 is 5.98. The zero-order valence-corrected chi connectivity index (χ0v) is 10.9. The third-order valence-electron chi connectivity index (χ3n) is 2.94. The second-order valence-corrected chi connectivity index (χ2v) is 4.62.